The first-order valence-corrected chi connectivity index (χ1v) is 5.62. The van der Waals surface area contributed by atoms with Crippen molar-refractivity contribution in [3.05, 3.63) is 0 Å². The second-order valence-corrected chi connectivity index (χ2v) is 3.78. The van der Waals surface area contributed by atoms with Crippen molar-refractivity contribution in [3.63, 3.8) is 0 Å². The number of thioether (sulfide) groups is 1. The van der Waals surface area contributed by atoms with E-state index in [4.69, 9.17) is 11.7 Å². The predicted octanol–water partition coefficient (Wildman–Crippen LogP) is 1.63. The van der Waals surface area contributed by atoms with E-state index in [0.29, 0.717) is 12.5 Å². The highest BCUT2D eigenvalue weighted by atomic mass is 32.2. The van der Waals surface area contributed by atoms with Crippen LogP contribution in [0.3, 0.4) is 0 Å². The monoisotopic (exact) mass is 196 g/mol. The van der Waals surface area contributed by atoms with Crippen LogP contribution in [0, 0.1) is 23.7 Å². The van der Waals surface area contributed by atoms with Crippen LogP contribution in [0.2, 0.25) is 0 Å². The molecule has 0 saturated carbocycles. The molecule has 0 saturated heterocycles. The second-order valence-electron chi connectivity index (χ2n) is 2.68. The first-order chi connectivity index (χ1) is 6.35. The summed E-state index contributed by atoms with van der Waals surface area (Å²) in [6.07, 6.45) is 6.71. The maximum Gasteiger partial charge on any atom is 0.0638 e. The molecule has 0 bridgehead atoms. The van der Waals surface area contributed by atoms with E-state index in [0.717, 1.165) is 24.5 Å². The molecule has 1 unspecified atom stereocenters. The Balaban J connectivity index is 3.30. The molecule has 0 rings (SSSR count). The first kappa shape index (κ1) is 12.4. The van der Waals surface area contributed by atoms with E-state index < -0.39 is 0 Å². The predicted molar refractivity (Wildman–Crippen MR) is 58.5 cm³/mol. The number of nitrogens with zero attached hydrogens (tertiary/aromatic N) is 1. The Morgan fingerprint density at radius 1 is 1.62 bits per heavy atom. The third-order valence-electron chi connectivity index (χ3n) is 1.70. The fourth-order valence-electron chi connectivity index (χ4n) is 0.937. The summed E-state index contributed by atoms with van der Waals surface area (Å²) in [6, 6.07) is 2.51. The van der Waals surface area contributed by atoms with Crippen molar-refractivity contribution in [1.82, 2.24) is 5.32 Å². The Morgan fingerprint density at radius 3 is 2.92 bits per heavy atom. The van der Waals surface area contributed by atoms with Crippen LogP contribution in [-0.4, -0.2) is 24.1 Å². The highest BCUT2D eigenvalue weighted by molar-refractivity contribution is 7.99. The van der Waals surface area contributed by atoms with Gasteiger partial charge in [0.25, 0.3) is 0 Å². The zero-order chi connectivity index (χ0) is 9.94. The molecule has 13 heavy (non-hydrogen) atoms. The van der Waals surface area contributed by atoms with Crippen LogP contribution in [0.4, 0.5) is 0 Å². The van der Waals surface area contributed by atoms with Gasteiger partial charge in [0.05, 0.1) is 18.2 Å². The quantitative estimate of drug-likeness (QED) is 0.496. The standard InChI is InChI=1S/C10H16N2S/c1-3-8-13-9-7-12-10(4-2)5-6-11/h1,10,12H,4-5,7-9H2,2H3. The van der Waals surface area contributed by atoms with E-state index in [1.54, 1.807) is 11.8 Å². The van der Waals surface area contributed by atoms with Gasteiger partial charge in [0.2, 0.25) is 0 Å². The Morgan fingerprint density at radius 2 is 2.38 bits per heavy atom. The summed E-state index contributed by atoms with van der Waals surface area (Å²) in [5.74, 6) is 4.37. The fraction of sp³-hybridized carbons (Fsp3) is 0.700. The minimum atomic E-state index is 0.344. The van der Waals surface area contributed by atoms with Gasteiger partial charge in [0, 0.05) is 18.3 Å². The van der Waals surface area contributed by atoms with Crippen LogP contribution >= 0.6 is 11.8 Å². The molecule has 0 aliphatic heterocycles. The molecule has 0 aromatic carbocycles. The summed E-state index contributed by atoms with van der Waals surface area (Å²) >= 11 is 1.74. The van der Waals surface area contributed by atoms with Crippen molar-refractivity contribution in [1.29, 1.82) is 5.26 Å². The molecule has 0 heterocycles. The molecular formula is C10H16N2S. The Bertz CT molecular complexity index is 190. The summed E-state index contributed by atoms with van der Waals surface area (Å²) < 4.78 is 0. The maximum atomic E-state index is 8.49. The van der Waals surface area contributed by atoms with Gasteiger partial charge in [-0.3, -0.25) is 0 Å². The van der Waals surface area contributed by atoms with Crippen LogP contribution in [0.1, 0.15) is 19.8 Å². The van der Waals surface area contributed by atoms with Gasteiger partial charge >= 0.3 is 0 Å². The minimum absolute atomic E-state index is 0.344. The molecule has 0 fully saturated rings. The molecule has 0 amide bonds. The highest BCUT2D eigenvalue weighted by Gasteiger charge is 2.02. The van der Waals surface area contributed by atoms with E-state index in [1.807, 2.05) is 0 Å². The molecule has 72 valence electrons. The van der Waals surface area contributed by atoms with Crippen LogP contribution < -0.4 is 5.32 Å². The number of nitrogens with one attached hydrogen (secondary N) is 1. The number of nitriles is 1. The lowest BCUT2D eigenvalue weighted by atomic mass is 10.2. The molecule has 0 radical (unpaired) electrons. The van der Waals surface area contributed by atoms with E-state index >= 15 is 0 Å². The van der Waals surface area contributed by atoms with Gasteiger partial charge in [-0.2, -0.15) is 5.26 Å². The Kier molecular flexibility index (Phi) is 8.98. The normalized spacial score (nSPS) is 11.6. The van der Waals surface area contributed by atoms with Crippen LogP contribution in [-0.2, 0) is 0 Å². The lowest BCUT2D eigenvalue weighted by molar-refractivity contribution is 0.524. The zero-order valence-corrected chi connectivity index (χ0v) is 8.86. The van der Waals surface area contributed by atoms with Crippen molar-refractivity contribution in [2.75, 3.05) is 18.1 Å². The fourth-order valence-corrected chi connectivity index (χ4v) is 1.46. The third kappa shape index (κ3) is 7.71. The molecule has 0 spiro atoms. The van der Waals surface area contributed by atoms with Crippen molar-refractivity contribution in [3.8, 4) is 18.4 Å². The first-order valence-electron chi connectivity index (χ1n) is 4.46. The van der Waals surface area contributed by atoms with Crippen LogP contribution in [0.5, 0.6) is 0 Å². The molecule has 1 N–H and O–H groups in total. The molecule has 0 aliphatic carbocycles. The summed E-state index contributed by atoms with van der Waals surface area (Å²) in [6.45, 7) is 3.02. The van der Waals surface area contributed by atoms with Gasteiger partial charge in [-0.25, -0.2) is 0 Å². The van der Waals surface area contributed by atoms with Gasteiger partial charge in [-0.05, 0) is 6.42 Å². The number of hydrogen-bond acceptors (Lipinski definition) is 3. The lowest BCUT2D eigenvalue weighted by Gasteiger charge is -2.12. The third-order valence-corrected chi connectivity index (χ3v) is 2.56. The van der Waals surface area contributed by atoms with Crippen molar-refractivity contribution in [2.45, 2.75) is 25.8 Å². The van der Waals surface area contributed by atoms with Gasteiger partial charge in [0.15, 0.2) is 0 Å². The molecular weight excluding hydrogens is 180 g/mol. The average molecular weight is 196 g/mol. The number of hydrogen-bond donors (Lipinski definition) is 1. The SMILES string of the molecule is C#CCSCCNC(CC)CC#N. The topological polar surface area (TPSA) is 35.8 Å². The Hall–Kier alpha value is -0.640. The van der Waals surface area contributed by atoms with Gasteiger partial charge in [-0.1, -0.05) is 12.8 Å². The largest absolute Gasteiger partial charge is 0.312 e. The zero-order valence-electron chi connectivity index (χ0n) is 8.05. The van der Waals surface area contributed by atoms with E-state index in [2.05, 4.69) is 24.2 Å². The average Bonchev–Trinajstić information content (AvgIpc) is 2.16. The second kappa shape index (κ2) is 9.45. The number of rotatable bonds is 7. The summed E-state index contributed by atoms with van der Waals surface area (Å²) in [5, 5.41) is 11.8. The van der Waals surface area contributed by atoms with Crippen molar-refractivity contribution >= 4 is 11.8 Å². The molecule has 1 atom stereocenters. The molecule has 0 aliphatic rings. The Labute approximate surface area is 85.1 Å². The van der Waals surface area contributed by atoms with Crippen molar-refractivity contribution < 1.29 is 0 Å². The summed E-state index contributed by atoms with van der Waals surface area (Å²) in [4.78, 5) is 0. The molecule has 0 aromatic heterocycles. The molecule has 0 aromatic rings. The van der Waals surface area contributed by atoms with Gasteiger partial charge < -0.3 is 5.32 Å². The molecule has 3 heteroatoms. The van der Waals surface area contributed by atoms with Crippen molar-refractivity contribution in [2.24, 2.45) is 0 Å². The van der Waals surface area contributed by atoms with E-state index in [1.165, 1.54) is 0 Å². The maximum absolute atomic E-state index is 8.49. The highest BCUT2D eigenvalue weighted by Crippen LogP contribution is 1.99. The van der Waals surface area contributed by atoms with E-state index in [9.17, 15) is 0 Å². The number of terminal acetylenes is 1. The summed E-state index contributed by atoms with van der Waals surface area (Å²) in [7, 11) is 0. The van der Waals surface area contributed by atoms with Crippen LogP contribution in [0.15, 0.2) is 0 Å². The van der Waals surface area contributed by atoms with Crippen LogP contribution in [0.25, 0.3) is 0 Å². The van der Waals surface area contributed by atoms with Gasteiger partial charge in [0.1, 0.15) is 0 Å². The summed E-state index contributed by atoms with van der Waals surface area (Å²) in [5.41, 5.74) is 0. The smallest absolute Gasteiger partial charge is 0.0638 e. The minimum Gasteiger partial charge on any atom is -0.312 e. The lowest BCUT2D eigenvalue weighted by Crippen LogP contribution is -2.29. The van der Waals surface area contributed by atoms with E-state index in [-0.39, 0.29) is 0 Å². The molecule has 2 nitrogen and oxygen atoms in total. The van der Waals surface area contributed by atoms with Gasteiger partial charge in [-0.15, -0.1) is 18.2 Å².